The summed E-state index contributed by atoms with van der Waals surface area (Å²) in [6.45, 7) is 7.12. The zero-order valence-electron chi connectivity index (χ0n) is 13.6. The quantitative estimate of drug-likeness (QED) is 0.871. The van der Waals surface area contributed by atoms with Gasteiger partial charge in [0, 0.05) is 6.54 Å². The maximum atomic E-state index is 5.61. The number of hydrogen-bond donors (Lipinski definition) is 2. The maximum absolute atomic E-state index is 5.61. The van der Waals surface area contributed by atoms with E-state index in [1.54, 1.807) is 6.26 Å². The van der Waals surface area contributed by atoms with E-state index in [0.29, 0.717) is 17.5 Å². The normalized spacial score (nSPS) is 19.5. The minimum absolute atomic E-state index is 0.0822. The van der Waals surface area contributed by atoms with E-state index in [2.05, 4.69) is 51.4 Å². The van der Waals surface area contributed by atoms with Gasteiger partial charge in [0.1, 0.15) is 12.4 Å². The minimum atomic E-state index is -0.0876. The Morgan fingerprint density at radius 3 is 2.96 bits per heavy atom. The van der Waals surface area contributed by atoms with Crippen LogP contribution in [0.1, 0.15) is 45.5 Å². The molecule has 1 aliphatic heterocycles. The fourth-order valence-electron chi connectivity index (χ4n) is 2.51. The van der Waals surface area contributed by atoms with Gasteiger partial charge in [-0.2, -0.15) is 10.1 Å². The predicted molar refractivity (Wildman–Crippen MR) is 83.1 cm³/mol. The predicted octanol–water partition coefficient (Wildman–Crippen LogP) is 2.22. The van der Waals surface area contributed by atoms with Crippen LogP contribution in [0.25, 0.3) is 11.6 Å². The first-order valence-electron chi connectivity index (χ1n) is 7.77. The van der Waals surface area contributed by atoms with Crippen molar-refractivity contribution in [3.63, 3.8) is 0 Å². The SMILES string of the molecule is CC(C)(C)C(NCC1CCC=CO1)c1nc(-c2ncn[nH]2)no1. The fraction of sp³-hybridized carbons (Fsp3) is 0.600. The van der Waals surface area contributed by atoms with Crippen molar-refractivity contribution in [1.29, 1.82) is 0 Å². The molecule has 2 N–H and O–H groups in total. The summed E-state index contributed by atoms with van der Waals surface area (Å²) < 4.78 is 11.1. The van der Waals surface area contributed by atoms with Crippen molar-refractivity contribution >= 4 is 0 Å². The highest BCUT2D eigenvalue weighted by atomic mass is 16.5. The Morgan fingerprint density at radius 2 is 2.30 bits per heavy atom. The monoisotopic (exact) mass is 318 g/mol. The number of H-pyrrole nitrogens is 1. The molecular formula is C15H22N6O2. The lowest BCUT2D eigenvalue weighted by Crippen LogP contribution is -2.38. The van der Waals surface area contributed by atoms with Crippen molar-refractivity contribution in [2.45, 2.75) is 45.8 Å². The second kappa shape index (κ2) is 6.49. The Kier molecular flexibility index (Phi) is 4.42. The lowest BCUT2D eigenvalue weighted by Gasteiger charge is -2.30. The highest BCUT2D eigenvalue weighted by Crippen LogP contribution is 2.32. The number of allylic oxidation sites excluding steroid dienone is 1. The van der Waals surface area contributed by atoms with Gasteiger partial charge >= 0.3 is 0 Å². The first-order valence-corrected chi connectivity index (χ1v) is 7.77. The van der Waals surface area contributed by atoms with Crippen molar-refractivity contribution in [3.8, 4) is 11.6 Å². The molecule has 8 heteroatoms. The summed E-state index contributed by atoms with van der Waals surface area (Å²) in [5.41, 5.74) is -0.0876. The molecule has 0 bridgehead atoms. The largest absolute Gasteiger partial charge is 0.497 e. The van der Waals surface area contributed by atoms with Gasteiger partial charge in [-0.05, 0) is 24.3 Å². The Hall–Kier alpha value is -2.22. The van der Waals surface area contributed by atoms with E-state index >= 15 is 0 Å². The van der Waals surface area contributed by atoms with Crippen LogP contribution >= 0.6 is 0 Å². The van der Waals surface area contributed by atoms with E-state index in [1.807, 2.05) is 6.08 Å². The molecule has 3 heterocycles. The smallest absolute Gasteiger partial charge is 0.244 e. The lowest BCUT2D eigenvalue weighted by atomic mass is 9.86. The molecule has 0 fully saturated rings. The second-order valence-electron chi connectivity index (χ2n) is 6.70. The van der Waals surface area contributed by atoms with E-state index in [4.69, 9.17) is 9.26 Å². The molecule has 8 nitrogen and oxygen atoms in total. The molecule has 2 unspecified atom stereocenters. The molecule has 124 valence electrons. The van der Waals surface area contributed by atoms with Crippen LogP contribution in [0.3, 0.4) is 0 Å². The molecule has 0 saturated carbocycles. The topological polar surface area (TPSA) is 102 Å². The van der Waals surface area contributed by atoms with E-state index in [-0.39, 0.29) is 17.6 Å². The Balaban J connectivity index is 1.72. The maximum Gasteiger partial charge on any atom is 0.244 e. The molecule has 0 spiro atoms. The van der Waals surface area contributed by atoms with Crippen LogP contribution < -0.4 is 5.32 Å². The average molecular weight is 318 g/mol. The summed E-state index contributed by atoms with van der Waals surface area (Å²) >= 11 is 0. The number of aromatic nitrogens is 5. The highest BCUT2D eigenvalue weighted by molar-refractivity contribution is 5.39. The van der Waals surface area contributed by atoms with Crippen molar-refractivity contribution < 1.29 is 9.26 Å². The van der Waals surface area contributed by atoms with Gasteiger partial charge in [0.25, 0.3) is 0 Å². The number of nitrogens with one attached hydrogen (secondary N) is 2. The van der Waals surface area contributed by atoms with Crippen LogP contribution in [-0.2, 0) is 4.74 Å². The highest BCUT2D eigenvalue weighted by Gasteiger charge is 2.32. The number of ether oxygens (including phenoxy) is 1. The first kappa shape index (κ1) is 15.7. The van der Waals surface area contributed by atoms with Gasteiger partial charge in [-0.1, -0.05) is 25.9 Å². The summed E-state index contributed by atoms with van der Waals surface area (Å²) in [5, 5.41) is 14.0. The van der Waals surface area contributed by atoms with Crippen LogP contribution in [0.15, 0.2) is 23.2 Å². The summed E-state index contributed by atoms with van der Waals surface area (Å²) in [6.07, 6.45) is 7.45. The third kappa shape index (κ3) is 3.76. The van der Waals surface area contributed by atoms with E-state index < -0.39 is 0 Å². The molecule has 3 rings (SSSR count). The van der Waals surface area contributed by atoms with Crippen LogP contribution in [-0.4, -0.2) is 38.0 Å². The molecule has 1 aliphatic rings. The summed E-state index contributed by atoms with van der Waals surface area (Å²) in [4.78, 5) is 8.50. The fourth-order valence-corrected chi connectivity index (χ4v) is 2.51. The summed E-state index contributed by atoms with van der Waals surface area (Å²) in [5.74, 6) is 1.44. The Labute approximate surface area is 134 Å². The second-order valence-corrected chi connectivity index (χ2v) is 6.70. The first-order chi connectivity index (χ1) is 11.0. The van der Waals surface area contributed by atoms with Crippen molar-refractivity contribution in [2.75, 3.05) is 6.54 Å². The molecule has 2 aromatic heterocycles. The number of aromatic amines is 1. The van der Waals surface area contributed by atoms with Gasteiger partial charge in [0.2, 0.25) is 11.7 Å². The molecule has 0 amide bonds. The standard InChI is InChI=1S/C15H22N6O2/c1-15(2,3)11(16-8-10-6-4-5-7-22-10)14-19-13(21-23-14)12-17-9-18-20-12/h5,7,9-11,16H,4,6,8H2,1-3H3,(H,17,18,20). The third-order valence-electron chi connectivity index (χ3n) is 3.75. The Bertz CT molecular complexity index is 643. The average Bonchev–Trinajstić information content (AvgIpc) is 3.18. The van der Waals surface area contributed by atoms with Crippen LogP contribution in [0.2, 0.25) is 0 Å². The molecule has 23 heavy (non-hydrogen) atoms. The molecule has 2 aromatic rings. The van der Waals surface area contributed by atoms with Crippen LogP contribution in [0.4, 0.5) is 0 Å². The zero-order chi connectivity index (χ0) is 16.3. The molecule has 0 aliphatic carbocycles. The van der Waals surface area contributed by atoms with Gasteiger partial charge in [-0.25, -0.2) is 4.98 Å². The Morgan fingerprint density at radius 1 is 1.43 bits per heavy atom. The molecule has 0 aromatic carbocycles. The van der Waals surface area contributed by atoms with Gasteiger partial charge in [0.15, 0.2) is 5.82 Å². The summed E-state index contributed by atoms with van der Waals surface area (Å²) in [7, 11) is 0. The van der Waals surface area contributed by atoms with Crippen LogP contribution in [0.5, 0.6) is 0 Å². The van der Waals surface area contributed by atoms with Gasteiger partial charge in [-0.3, -0.25) is 5.10 Å². The molecule has 0 radical (unpaired) electrons. The summed E-state index contributed by atoms with van der Waals surface area (Å²) in [6, 6.07) is -0.0822. The molecular weight excluding hydrogens is 296 g/mol. The van der Waals surface area contributed by atoms with Crippen molar-refractivity contribution in [2.24, 2.45) is 5.41 Å². The van der Waals surface area contributed by atoms with E-state index in [9.17, 15) is 0 Å². The number of hydrogen-bond acceptors (Lipinski definition) is 7. The number of nitrogens with zero attached hydrogens (tertiary/aromatic N) is 4. The molecule has 0 saturated heterocycles. The lowest BCUT2D eigenvalue weighted by molar-refractivity contribution is 0.106. The van der Waals surface area contributed by atoms with Gasteiger partial charge < -0.3 is 14.6 Å². The van der Waals surface area contributed by atoms with E-state index in [0.717, 1.165) is 19.4 Å². The number of rotatable bonds is 5. The molecule has 2 atom stereocenters. The third-order valence-corrected chi connectivity index (χ3v) is 3.75. The van der Waals surface area contributed by atoms with Crippen molar-refractivity contribution in [1.82, 2.24) is 30.6 Å². The van der Waals surface area contributed by atoms with E-state index in [1.165, 1.54) is 6.33 Å². The minimum Gasteiger partial charge on any atom is -0.497 e. The van der Waals surface area contributed by atoms with Crippen molar-refractivity contribution in [3.05, 3.63) is 24.6 Å². The zero-order valence-corrected chi connectivity index (χ0v) is 13.6. The van der Waals surface area contributed by atoms with Crippen LogP contribution in [0, 0.1) is 5.41 Å². The van der Waals surface area contributed by atoms with Gasteiger partial charge in [0.05, 0.1) is 12.3 Å². The van der Waals surface area contributed by atoms with Gasteiger partial charge in [-0.15, -0.1) is 0 Å².